The lowest BCUT2D eigenvalue weighted by molar-refractivity contribution is -0.161. The van der Waals surface area contributed by atoms with Crippen LogP contribution in [0.15, 0.2) is 42.5 Å². The first kappa shape index (κ1) is 9.40. The average Bonchev–Trinajstić information content (AvgIpc) is 2.91. The Morgan fingerprint density at radius 1 is 1.27 bits per heavy atom. The quantitative estimate of drug-likeness (QED) is 0.433. The Morgan fingerprint density at radius 3 is 2.67 bits per heavy atom. The lowest BCUT2D eigenvalue weighted by atomic mass is 10.2. The van der Waals surface area contributed by atoms with E-state index >= 15 is 0 Å². The Hall–Kier alpha value is -0.830. The minimum Gasteiger partial charge on any atom is -0.289 e. The van der Waals surface area contributed by atoms with Gasteiger partial charge >= 0.3 is 0 Å². The predicted molar refractivity (Wildman–Crippen MR) is 59.3 cm³/mol. The summed E-state index contributed by atoms with van der Waals surface area (Å²) in [6.07, 6.45) is 5.55. The zero-order chi connectivity index (χ0) is 10.3. The number of alkyl halides is 1. The normalized spacial score (nSPS) is 31.0. The number of nitrogens with zero attached hydrogens (tertiary/aromatic N) is 1. The van der Waals surface area contributed by atoms with Crippen LogP contribution in [0.5, 0.6) is 0 Å². The molecule has 0 N–H and O–H groups in total. The van der Waals surface area contributed by atoms with Gasteiger partial charge in [-0.1, -0.05) is 54.1 Å². The van der Waals surface area contributed by atoms with E-state index in [1.165, 1.54) is 0 Å². The number of hydrogen-bond donors (Lipinski definition) is 0. The third-order valence-corrected chi connectivity index (χ3v) is 3.35. The summed E-state index contributed by atoms with van der Waals surface area (Å²) in [5.41, 5.74) is 0.895. The van der Waals surface area contributed by atoms with Crippen LogP contribution >= 0.6 is 11.6 Å². The number of hydroxylamine groups is 2. The standard InChI is InChI=1S/C12H12ClNO/c13-12(9-4-2-1-3-5-9)14-10-6-7-11(8-10)15-14/h1-7,10-12H,8H2. The molecule has 3 atom stereocenters. The Kier molecular flexibility index (Phi) is 2.28. The van der Waals surface area contributed by atoms with Crippen LogP contribution in [0.4, 0.5) is 0 Å². The van der Waals surface area contributed by atoms with Crippen LogP contribution in [-0.4, -0.2) is 17.2 Å². The summed E-state index contributed by atoms with van der Waals surface area (Å²) in [4.78, 5) is 5.69. The Bertz CT molecular complexity index is 378. The molecule has 1 aliphatic carbocycles. The number of benzene rings is 1. The molecule has 1 aromatic carbocycles. The molecule has 78 valence electrons. The fourth-order valence-electron chi connectivity index (χ4n) is 2.13. The third-order valence-electron chi connectivity index (χ3n) is 2.90. The second kappa shape index (κ2) is 3.63. The van der Waals surface area contributed by atoms with Gasteiger partial charge in [-0.25, -0.2) is 0 Å². The Morgan fingerprint density at radius 2 is 2.07 bits per heavy atom. The molecule has 0 radical (unpaired) electrons. The molecule has 1 saturated heterocycles. The molecular formula is C12H12ClNO. The molecule has 0 spiro atoms. The first-order valence-electron chi connectivity index (χ1n) is 5.17. The van der Waals surface area contributed by atoms with E-state index in [1.807, 2.05) is 35.4 Å². The molecule has 15 heavy (non-hydrogen) atoms. The van der Waals surface area contributed by atoms with E-state index in [0.29, 0.717) is 6.04 Å². The minimum absolute atomic E-state index is 0.189. The fourth-order valence-corrected chi connectivity index (χ4v) is 2.47. The molecule has 1 aromatic rings. The minimum atomic E-state index is -0.189. The van der Waals surface area contributed by atoms with Gasteiger partial charge in [-0.05, 0) is 5.56 Å². The van der Waals surface area contributed by atoms with Crippen molar-refractivity contribution in [2.75, 3.05) is 0 Å². The summed E-state index contributed by atoms with van der Waals surface area (Å²) >= 11 is 6.37. The van der Waals surface area contributed by atoms with Gasteiger partial charge in [0, 0.05) is 6.42 Å². The molecule has 1 aliphatic heterocycles. The maximum absolute atomic E-state index is 6.37. The van der Waals surface area contributed by atoms with E-state index < -0.39 is 0 Å². The summed E-state index contributed by atoms with van der Waals surface area (Å²) in [7, 11) is 0. The molecule has 1 heterocycles. The van der Waals surface area contributed by atoms with Gasteiger partial charge in [-0.2, -0.15) is 5.06 Å². The van der Waals surface area contributed by atoms with E-state index in [-0.39, 0.29) is 11.6 Å². The van der Waals surface area contributed by atoms with Gasteiger partial charge < -0.3 is 0 Å². The van der Waals surface area contributed by atoms with Crippen molar-refractivity contribution in [1.29, 1.82) is 0 Å². The third kappa shape index (κ3) is 1.59. The van der Waals surface area contributed by atoms with Crippen LogP contribution in [0.3, 0.4) is 0 Å². The van der Waals surface area contributed by atoms with Crippen molar-refractivity contribution >= 4 is 11.6 Å². The highest BCUT2D eigenvalue weighted by Gasteiger charge is 2.39. The molecule has 3 rings (SSSR count). The highest BCUT2D eigenvalue weighted by molar-refractivity contribution is 6.20. The summed E-state index contributed by atoms with van der Waals surface area (Å²) in [5, 5.41) is 1.89. The highest BCUT2D eigenvalue weighted by atomic mass is 35.5. The van der Waals surface area contributed by atoms with Crippen LogP contribution in [0, 0.1) is 0 Å². The van der Waals surface area contributed by atoms with Gasteiger partial charge in [0.1, 0.15) is 5.50 Å². The Labute approximate surface area is 94.1 Å². The van der Waals surface area contributed by atoms with Crippen molar-refractivity contribution in [3.8, 4) is 0 Å². The van der Waals surface area contributed by atoms with Crippen LogP contribution in [-0.2, 0) is 4.84 Å². The molecule has 3 unspecified atom stereocenters. The topological polar surface area (TPSA) is 12.5 Å². The smallest absolute Gasteiger partial charge is 0.135 e. The van der Waals surface area contributed by atoms with Gasteiger partial charge in [0.15, 0.2) is 0 Å². The molecular weight excluding hydrogens is 210 g/mol. The van der Waals surface area contributed by atoms with Gasteiger partial charge in [0.2, 0.25) is 0 Å². The Balaban J connectivity index is 1.81. The summed E-state index contributed by atoms with van der Waals surface area (Å²) in [5.74, 6) is 0. The monoisotopic (exact) mass is 221 g/mol. The van der Waals surface area contributed by atoms with Gasteiger partial charge in [-0.15, -0.1) is 0 Å². The number of halogens is 1. The summed E-state index contributed by atoms with van der Waals surface area (Å²) in [6.45, 7) is 0. The van der Waals surface area contributed by atoms with Crippen molar-refractivity contribution in [1.82, 2.24) is 5.06 Å². The van der Waals surface area contributed by atoms with E-state index in [1.54, 1.807) is 0 Å². The number of fused-ring (bicyclic) bond motifs is 2. The highest BCUT2D eigenvalue weighted by Crippen LogP contribution is 2.38. The molecule has 1 fully saturated rings. The molecule has 0 amide bonds. The average molecular weight is 222 g/mol. The van der Waals surface area contributed by atoms with Gasteiger partial charge in [0.25, 0.3) is 0 Å². The largest absolute Gasteiger partial charge is 0.289 e. The maximum Gasteiger partial charge on any atom is 0.135 e. The predicted octanol–water partition coefficient (Wildman–Crippen LogP) is 2.87. The van der Waals surface area contributed by atoms with E-state index in [0.717, 1.165) is 12.0 Å². The molecule has 2 nitrogen and oxygen atoms in total. The lowest BCUT2D eigenvalue weighted by Crippen LogP contribution is -2.30. The van der Waals surface area contributed by atoms with E-state index in [2.05, 4.69) is 12.2 Å². The molecule has 3 heteroatoms. The van der Waals surface area contributed by atoms with Crippen molar-refractivity contribution in [2.45, 2.75) is 24.1 Å². The van der Waals surface area contributed by atoms with Crippen molar-refractivity contribution in [3.63, 3.8) is 0 Å². The molecule has 2 bridgehead atoms. The molecule has 0 aromatic heterocycles. The summed E-state index contributed by atoms with van der Waals surface area (Å²) in [6, 6.07) is 10.4. The summed E-state index contributed by atoms with van der Waals surface area (Å²) < 4.78 is 0. The van der Waals surface area contributed by atoms with E-state index in [9.17, 15) is 0 Å². The van der Waals surface area contributed by atoms with Crippen LogP contribution in [0.25, 0.3) is 0 Å². The van der Waals surface area contributed by atoms with Crippen molar-refractivity contribution < 1.29 is 4.84 Å². The molecule has 2 aliphatic rings. The molecule has 0 saturated carbocycles. The first-order chi connectivity index (χ1) is 7.34. The van der Waals surface area contributed by atoms with Crippen molar-refractivity contribution in [3.05, 3.63) is 48.0 Å². The van der Waals surface area contributed by atoms with Gasteiger partial charge in [-0.3, -0.25) is 4.84 Å². The van der Waals surface area contributed by atoms with Gasteiger partial charge in [0.05, 0.1) is 12.1 Å². The SMILES string of the molecule is ClC(c1ccccc1)N1OC2C=CC1C2. The zero-order valence-corrected chi connectivity index (χ0v) is 8.97. The fraction of sp³-hybridized carbons (Fsp3) is 0.333. The van der Waals surface area contributed by atoms with Crippen LogP contribution in [0.1, 0.15) is 17.5 Å². The van der Waals surface area contributed by atoms with Crippen molar-refractivity contribution in [2.24, 2.45) is 0 Å². The number of hydrogen-bond acceptors (Lipinski definition) is 2. The second-order valence-electron chi connectivity index (χ2n) is 3.94. The van der Waals surface area contributed by atoms with Crippen LogP contribution in [0.2, 0.25) is 0 Å². The zero-order valence-electron chi connectivity index (χ0n) is 8.21. The number of rotatable bonds is 2. The first-order valence-corrected chi connectivity index (χ1v) is 5.61. The lowest BCUT2D eigenvalue weighted by Gasteiger charge is -2.27. The second-order valence-corrected chi connectivity index (χ2v) is 4.35. The van der Waals surface area contributed by atoms with E-state index in [4.69, 9.17) is 16.4 Å². The van der Waals surface area contributed by atoms with Crippen LogP contribution < -0.4 is 0 Å². The maximum atomic E-state index is 6.37.